The largest absolute Gasteiger partial charge is 0.384 e. The topological polar surface area (TPSA) is 112 Å². The minimum atomic E-state index is 0.276. The first-order chi connectivity index (χ1) is 15.5. The van der Waals surface area contributed by atoms with E-state index in [-0.39, 0.29) is 5.41 Å². The number of nitrogens with zero attached hydrogens (tertiary/aromatic N) is 2. The third-order valence-corrected chi connectivity index (χ3v) is 7.70. The predicted molar refractivity (Wildman–Crippen MR) is 129 cm³/mol. The van der Waals surface area contributed by atoms with Crippen LogP contribution in [0.15, 0.2) is 59.1 Å². The Morgan fingerprint density at radius 1 is 1.19 bits per heavy atom. The van der Waals surface area contributed by atoms with Crippen molar-refractivity contribution in [1.29, 1.82) is 5.26 Å². The van der Waals surface area contributed by atoms with Crippen LogP contribution in [0.1, 0.15) is 44.1 Å². The van der Waals surface area contributed by atoms with Crippen LogP contribution in [0, 0.1) is 34.5 Å². The summed E-state index contributed by atoms with van der Waals surface area (Å²) in [6, 6.07) is 12.9. The molecule has 4 fully saturated rings. The third kappa shape index (κ3) is 5.16. The summed E-state index contributed by atoms with van der Waals surface area (Å²) in [4.78, 5) is 4.30. The molecule has 1 aromatic rings. The van der Waals surface area contributed by atoms with E-state index < -0.39 is 0 Å². The first-order valence-corrected chi connectivity index (χ1v) is 11.9. The van der Waals surface area contributed by atoms with Gasteiger partial charge in [0.05, 0.1) is 6.21 Å². The van der Waals surface area contributed by atoms with Crippen LogP contribution in [0.2, 0.25) is 0 Å². The first-order valence-electron chi connectivity index (χ1n) is 11.9. The second-order valence-electron chi connectivity index (χ2n) is 10.1. The lowest BCUT2D eigenvalue weighted by Gasteiger charge is -2.59. The Kier molecular flexibility index (Phi) is 6.86. The molecule has 1 unspecified atom stereocenters. The SMILES string of the molecule is C=C(/N=C\C(C#N)=C(/N)NC[C@]12CC3C[C@H](C1)[C@@H](N)[C@@H](C3)C2)NCCCc1ccccc1. The fraction of sp³-hybridized carbons (Fsp3) is 0.538. The van der Waals surface area contributed by atoms with Crippen molar-refractivity contribution in [2.45, 2.75) is 51.0 Å². The number of aryl methyl sites for hydroxylation is 1. The van der Waals surface area contributed by atoms with Crippen LogP contribution in [0.5, 0.6) is 0 Å². The van der Waals surface area contributed by atoms with Crippen LogP contribution >= 0.6 is 0 Å². The van der Waals surface area contributed by atoms with E-state index in [1.807, 2.05) is 6.07 Å². The van der Waals surface area contributed by atoms with Gasteiger partial charge in [0.2, 0.25) is 0 Å². The van der Waals surface area contributed by atoms with Gasteiger partial charge in [0, 0.05) is 19.1 Å². The Morgan fingerprint density at radius 2 is 1.91 bits per heavy atom. The molecule has 0 amide bonds. The molecule has 4 bridgehead atoms. The Bertz CT molecular complexity index is 896. The van der Waals surface area contributed by atoms with E-state index in [1.54, 1.807) is 0 Å². The van der Waals surface area contributed by atoms with E-state index in [9.17, 15) is 5.26 Å². The molecular weight excluding hydrogens is 396 g/mol. The molecule has 0 aliphatic heterocycles. The van der Waals surface area contributed by atoms with E-state index >= 15 is 0 Å². The monoisotopic (exact) mass is 432 g/mol. The summed E-state index contributed by atoms with van der Waals surface area (Å²) in [5.41, 5.74) is 14.6. The summed E-state index contributed by atoms with van der Waals surface area (Å²) in [7, 11) is 0. The quantitative estimate of drug-likeness (QED) is 0.258. The second kappa shape index (κ2) is 9.79. The van der Waals surface area contributed by atoms with E-state index in [1.165, 1.54) is 43.9 Å². The summed E-state index contributed by atoms with van der Waals surface area (Å²) in [5.74, 6) is 3.05. The predicted octanol–water partition coefficient (Wildman–Crippen LogP) is 3.19. The van der Waals surface area contributed by atoms with Crippen LogP contribution in [0.4, 0.5) is 0 Å². The number of hydrogen-bond donors (Lipinski definition) is 4. The van der Waals surface area contributed by atoms with E-state index in [0.717, 1.165) is 31.8 Å². The Morgan fingerprint density at radius 3 is 2.59 bits per heavy atom. The molecule has 6 N–H and O–H groups in total. The zero-order valence-corrected chi connectivity index (χ0v) is 18.9. The average molecular weight is 433 g/mol. The van der Waals surface area contributed by atoms with Gasteiger partial charge in [-0.25, -0.2) is 4.99 Å². The van der Waals surface area contributed by atoms with Gasteiger partial charge in [-0.2, -0.15) is 5.26 Å². The molecule has 0 radical (unpaired) electrons. The smallest absolute Gasteiger partial charge is 0.118 e. The van der Waals surface area contributed by atoms with Gasteiger partial charge in [-0.3, -0.25) is 0 Å². The number of nitriles is 1. The van der Waals surface area contributed by atoms with E-state index in [4.69, 9.17) is 11.5 Å². The summed E-state index contributed by atoms with van der Waals surface area (Å²) >= 11 is 0. The van der Waals surface area contributed by atoms with Crippen molar-refractivity contribution in [3.05, 3.63) is 59.7 Å². The highest BCUT2D eigenvalue weighted by Crippen LogP contribution is 2.59. The molecule has 1 aromatic carbocycles. The number of nitrogens with two attached hydrogens (primary N) is 2. The lowest BCUT2D eigenvalue weighted by atomic mass is 9.48. The van der Waals surface area contributed by atoms with E-state index in [0.29, 0.717) is 35.1 Å². The molecule has 4 saturated carbocycles. The van der Waals surface area contributed by atoms with Gasteiger partial charge in [-0.1, -0.05) is 36.9 Å². The van der Waals surface area contributed by atoms with Crippen molar-refractivity contribution in [3.8, 4) is 6.07 Å². The maximum atomic E-state index is 9.56. The van der Waals surface area contributed by atoms with Gasteiger partial charge in [0.1, 0.15) is 23.3 Å². The highest BCUT2D eigenvalue weighted by molar-refractivity contribution is 5.85. The van der Waals surface area contributed by atoms with Gasteiger partial charge in [-0.15, -0.1) is 0 Å². The second-order valence-corrected chi connectivity index (χ2v) is 10.1. The summed E-state index contributed by atoms with van der Waals surface area (Å²) < 4.78 is 0. The minimum Gasteiger partial charge on any atom is -0.384 e. The number of allylic oxidation sites excluding steroid dienone is 1. The van der Waals surface area contributed by atoms with Crippen LogP contribution in [-0.4, -0.2) is 25.3 Å². The zero-order valence-electron chi connectivity index (χ0n) is 18.9. The maximum Gasteiger partial charge on any atom is 0.118 e. The Balaban J connectivity index is 1.25. The lowest BCUT2D eigenvalue weighted by Crippen LogP contribution is -2.59. The molecule has 5 atom stereocenters. The highest BCUT2D eigenvalue weighted by Gasteiger charge is 2.54. The molecule has 5 rings (SSSR count). The number of aliphatic imine (C=N–C) groups is 1. The molecule has 170 valence electrons. The van der Waals surface area contributed by atoms with Crippen LogP contribution in [0.3, 0.4) is 0 Å². The normalized spacial score (nSPS) is 31.2. The Hall–Kier alpha value is -2.78. The highest BCUT2D eigenvalue weighted by atomic mass is 15.0. The molecule has 4 aliphatic rings. The fourth-order valence-electron chi connectivity index (χ4n) is 6.34. The van der Waals surface area contributed by atoms with Crippen molar-refractivity contribution in [2.24, 2.45) is 39.6 Å². The molecular formula is C26H36N6. The summed E-state index contributed by atoms with van der Waals surface area (Å²) in [5, 5.41) is 16.1. The van der Waals surface area contributed by atoms with Crippen molar-refractivity contribution in [3.63, 3.8) is 0 Å². The molecule has 0 aromatic heterocycles. The van der Waals surface area contributed by atoms with Gasteiger partial charge < -0.3 is 22.1 Å². The zero-order chi connectivity index (χ0) is 22.6. The lowest BCUT2D eigenvalue weighted by molar-refractivity contribution is -0.0643. The molecule has 6 nitrogen and oxygen atoms in total. The van der Waals surface area contributed by atoms with Crippen LogP contribution < -0.4 is 22.1 Å². The van der Waals surface area contributed by atoms with Crippen molar-refractivity contribution in [2.75, 3.05) is 13.1 Å². The summed E-state index contributed by atoms with van der Waals surface area (Å²) in [6.45, 7) is 5.52. The van der Waals surface area contributed by atoms with Gasteiger partial charge in [0.15, 0.2) is 0 Å². The third-order valence-electron chi connectivity index (χ3n) is 7.70. The number of nitrogens with one attached hydrogen (secondary N) is 2. The molecule has 4 aliphatic carbocycles. The van der Waals surface area contributed by atoms with Crippen LogP contribution in [-0.2, 0) is 6.42 Å². The molecule has 0 spiro atoms. The maximum absolute atomic E-state index is 9.56. The number of benzene rings is 1. The summed E-state index contributed by atoms with van der Waals surface area (Å²) in [6.07, 6.45) is 9.69. The number of hydrogen-bond acceptors (Lipinski definition) is 6. The molecule has 0 heterocycles. The average Bonchev–Trinajstić information content (AvgIpc) is 2.79. The minimum absolute atomic E-state index is 0.276. The van der Waals surface area contributed by atoms with E-state index in [2.05, 4.69) is 52.5 Å². The van der Waals surface area contributed by atoms with Crippen molar-refractivity contribution in [1.82, 2.24) is 10.6 Å². The standard InChI is InChI=1S/C26H36N6/c1-18(30-9-5-8-19-6-3-2-4-7-19)31-16-23(15-27)25(29)32-17-26-12-20-10-21(13-26)24(28)22(11-20)14-26/h2-4,6-7,16,20-22,24,30,32H,1,5,8-14,17,28-29H2/b25-23+,31-16-/t20?,21-,22+,24-,26-. The van der Waals surface area contributed by atoms with Crippen LogP contribution in [0.25, 0.3) is 0 Å². The Labute approximate surface area is 191 Å². The fourth-order valence-corrected chi connectivity index (χ4v) is 6.34. The molecule has 6 heteroatoms. The van der Waals surface area contributed by atoms with Crippen molar-refractivity contribution >= 4 is 6.21 Å². The first kappa shape index (κ1) is 22.4. The van der Waals surface area contributed by atoms with Gasteiger partial charge in [-0.05, 0) is 73.7 Å². The van der Waals surface area contributed by atoms with Gasteiger partial charge >= 0.3 is 0 Å². The number of rotatable bonds is 10. The van der Waals surface area contributed by atoms with Gasteiger partial charge in [0.25, 0.3) is 0 Å². The van der Waals surface area contributed by atoms with Crippen molar-refractivity contribution < 1.29 is 0 Å². The molecule has 32 heavy (non-hydrogen) atoms. The molecule has 0 saturated heterocycles.